The van der Waals surface area contributed by atoms with Gasteiger partial charge in [-0.3, -0.25) is 4.79 Å². The maximum absolute atomic E-state index is 11.3. The van der Waals surface area contributed by atoms with Crippen LogP contribution in [0.3, 0.4) is 0 Å². The molecular weight excluding hydrogens is 264 g/mol. The summed E-state index contributed by atoms with van der Waals surface area (Å²) < 4.78 is 22.5. The quantitative estimate of drug-likeness (QED) is 0.856. The van der Waals surface area contributed by atoms with Crippen molar-refractivity contribution in [2.24, 2.45) is 5.73 Å². The van der Waals surface area contributed by atoms with E-state index >= 15 is 0 Å². The molecule has 1 aromatic carbocycles. The van der Waals surface area contributed by atoms with Gasteiger partial charge < -0.3 is 11.1 Å². The van der Waals surface area contributed by atoms with E-state index in [2.05, 4.69) is 5.32 Å². The van der Waals surface area contributed by atoms with E-state index in [9.17, 15) is 13.2 Å². The lowest BCUT2D eigenvalue weighted by atomic mass is 10.3. The van der Waals surface area contributed by atoms with Gasteiger partial charge in [0.05, 0.1) is 10.9 Å². The molecule has 0 spiro atoms. The molecule has 0 saturated heterocycles. The first-order valence-electron chi connectivity index (χ1n) is 4.67. The molecule has 0 bridgehead atoms. The van der Waals surface area contributed by atoms with E-state index < -0.39 is 15.9 Å². The molecule has 1 amide bonds. The minimum Gasteiger partial charge on any atom is -0.325 e. The second kappa shape index (κ2) is 6.00. The highest BCUT2D eigenvalue weighted by molar-refractivity contribution is 7.90. The minimum atomic E-state index is -3.26. The van der Waals surface area contributed by atoms with Crippen LogP contribution in [-0.4, -0.2) is 26.6 Å². The molecule has 5 nitrogen and oxygen atoms in total. The predicted octanol–water partition coefficient (Wildman–Crippen LogP) is 0.798. The van der Waals surface area contributed by atoms with Gasteiger partial charge in [0.2, 0.25) is 5.91 Å². The second-order valence-electron chi connectivity index (χ2n) is 3.58. The van der Waals surface area contributed by atoms with Gasteiger partial charge >= 0.3 is 0 Å². The first kappa shape index (κ1) is 15.9. The molecule has 0 aliphatic rings. The van der Waals surface area contributed by atoms with Crippen molar-refractivity contribution < 1.29 is 13.2 Å². The number of carbonyl (C=O) groups excluding carboxylic acids is 1. The molecular formula is C10H15ClN2O3S. The van der Waals surface area contributed by atoms with Gasteiger partial charge in [-0.2, -0.15) is 0 Å². The predicted molar refractivity (Wildman–Crippen MR) is 69.1 cm³/mol. The Bertz CT molecular complexity index is 500. The zero-order valence-electron chi connectivity index (χ0n) is 9.51. The average Bonchev–Trinajstić information content (AvgIpc) is 2.16. The van der Waals surface area contributed by atoms with E-state index in [0.29, 0.717) is 5.69 Å². The molecule has 1 aromatic rings. The Balaban J connectivity index is 0.00000256. The third-order valence-electron chi connectivity index (χ3n) is 1.94. The number of anilines is 1. The van der Waals surface area contributed by atoms with E-state index in [-0.39, 0.29) is 23.2 Å². The number of nitrogens with two attached hydrogens (primary N) is 1. The Morgan fingerprint density at radius 3 is 2.47 bits per heavy atom. The first-order chi connectivity index (χ1) is 7.30. The normalized spacial score (nSPS) is 12.4. The van der Waals surface area contributed by atoms with Crippen LogP contribution in [0.15, 0.2) is 29.2 Å². The number of halogens is 1. The fourth-order valence-electron chi connectivity index (χ4n) is 1.06. The Hall–Kier alpha value is -1.11. The summed E-state index contributed by atoms with van der Waals surface area (Å²) >= 11 is 0. The van der Waals surface area contributed by atoms with Gasteiger partial charge in [-0.05, 0) is 25.1 Å². The zero-order valence-corrected chi connectivity index (χ0v) is 11.1. The number of hydrogen-bond acceptors (Lipinski definition) is 4. The molecule has 7 heteroatoms. The van der Waals surface area contributed by atoms with Gasteiger partial charge in [0, 0.05) is 11.9 Å². The largest absolute Gasteiger partial charge is 0.325 e. The van der Waals surface area contributed by atoms with Crippen LogP contribution >= 0.6 is 12.4 Å². The number of amides is 1. The van der Waals surface area contributed by atoms with Gasteiger partial charge in [0.1, 0.15) is 0 Å². The standard InChI is InChI=1S/C10H14N2O3S.ClH/c1-7(11)10(13)12-8-4-3-5-9(6-8)16(2,14)15;/h3-7H,11H2,1-2H3,(H,12,13);1H/t7-;/m0./s1. The lowest BCUT2D eigenvalue weighted by molar-refractivity contribution is -0.117. The molecule has 0 saturated carbocycles. The molecule has 0 heterocycles. The molecule has 0 radical (unpaired) electrons. The van der Waals surface area contributed by atoms with Crippen LogP contribution in [0.1, 0.15) is 6.92 Å². The number of hydrogen-bond donors (Lipinski definition) is 2. The van der Waals surface area contributed by atoms with Crippen molar-refractivity contribution in [3.05, 3.63) is 24.3 Å². The number of carbonyl (C=O) groups is 1. The summed E-state index contributed by atoms with van der Waals surface area (Å²) in [5.41, 5.74) is 5.80. The number of rotatable bonds is 3. The summed E-state index contributed by atoms with van der Waals surface area (Å²) in [4.78, 5) is 11.4. The molecule has 0 aliphatic carbocycles. The van der Waals surface area contributed by atoms with Crippen molar-refractivity contribution in [3.8, 4) is 0 Å². The number of benzene rings is 1. The summed E-state index contributed by atoms with van der Waals surface area (Å²) in [6.07, 6.45) is 1.11. The smallest absolute Gasteiger partial charge is 0.240 e. The molecule has 0 unspecified atom stereocenters. The van der Waals surface area contributed by atoms with Crippen molar-refractivity contribution in [2.75, 3.05) is 11.6 Å². The van der Waals surface area contributed by atoms with Crippen molar-refractivity contribution in [2.45, 2.75) is 17.9 Å². The van der Waals surface area contributed by atoms with Crippen LogP contribution < -0.4 is 11.1 Å². The van der Waals surface area contributed by atoms with Crippen LogP contribution in [-0.2, 0) is 14.6 Å². The van der Waals surface area contributed by atoms with E-state index in [1.54, 1.807) is 19.1 Å². The molecule has 1 atom stereocenters. The molecule has 1 rings (SSSR count). The fourth-order valence-corrected chi connectivity index (χ4v) is 1.73. The Labute approximate surface area is 107 Å². The van der Waals surface area contributed by atoms with Crippen LogP contribution in [0.5, 0.6) is 0 Å². The molecule has 96 valence electrons. The lowest BCUT2D eigenvalue weighted by Gasteiger charge is -2.08. The third kappa shape index (κ3) is 4.72. The second-order valence-corrected chi connectivity index (χ2v) is 5.59. The van der Waals surface area contributed by atoms with Crippen LogP contribution in [0.4, 0.5) is 5.69 Å². The monoisotopic (exact) mass is 278 g/mol. The highest BCUT2D eigenvalue weighted by Crippen LogP contribution is 2.15. The van der Waals surface area contributed by atoms with Gasteiger partial charge in [-0.1, -0.05) is 6.07 Å². The van der Waals surface area contributed by atoms with E-state index in [0.717, 1.165) is 6.26 Å². The van der Waals surface area contributed by atoms with Crippen LogP contribution in [0.2, 0.25) is 0 Å². The third-order valence-corrected chi connectivity index (χ3v) is 3.05. The highest BCUT2D eigenvalue weighted by Gasteiger charge is 2.10. The molecule has 0 aromatic heterocycles. The van der Waals surface area contributed by atoms with Crippen molar-refractivity contribution >= 4 is 33.8 Å². The summed E-state index contributed by atoms with van der Waals surface area (Å²) in [6.45, 7) is 1.55. The first-order valence-corrected chi connectivity index (χ1v) is 6.56. The Morgan fingerprint density at radius 1 is 1.41 bits per heavy atom. The molecule has 3 N–H and O–H groups in total. The maximum atomic E-state index is 11.3. The van der Waals surface area contributed by atoms with E-state index in [4.69, 9.17) is 5.73 Å². The van der Waals surface area contributed by atoms with E-state index in [1.165, 1.54) is 12.1 Å². The van der Waals surface area contributed by atoms with Gasteiger partial charge in [-0.15, -0.1) is 12.4 Å². The summed E-state index contributed by atoms with van der Waals surface area (Å²) in [5, 5.41) is 2.53. The van der Waals surface area contributed by atoms with Crippen molar-refractivity contribution in [1.82, 2.24) is 0 Å². The van der Waals surface area contributed by atoms with Gasteiger partial charge in [0.25, 0.3) is 0 Å². The van der Waals surface area contributed by atoms with Crippen molar-refractivity contribution in [1.29, 1.82) is 0 Å². The topological polar surface area (TPSA) is 89.3 Å². The summed E-state index contributed by atoms with van der Waals surface area (Å²) in [7, 11) is -3.26. The fraction of sp³-hybridized carbons (Fsp3) is 0.300. The maximum Gasteiger partial charge on any atom is 0.240 e. The molecule has 0 fully saturated rings. The van der Waals surface area contributed by atoms with E-state index in [1.807, 2.05) is 0 Å². The summed E-state index contributed by atoms with van der Waals surface area (Å²) in [5.74, 6) is -0.356. The highest BCUT2D eigenvalue weighted by atomic mass is 35.5. The zero-order chi connectivity index (χ0) is 12.3. The minimum absolute atomic E-state index is 0. The number of nitrogens with one attached hydrogen (secondary N) is 1. The number of sulfone groups is 1. The van der Waals surface area contributed by atoms with Crippen LogP contribution in [0, 0.1) is 0 Å². The van der Waals surface area contributed by atoms with Crippen molar-refractivity contribution in [3.63, 3.8) is 0 Å². The van der Waals surface area contributed by atoms with Gasteiger partial charge in [0.15, 0.2) is 9.84 Å². The lowest BCUT2D eigenvalue weighted by Crippen LogP contribution is -2.32. The average molecular weight is 279 g/mol. The van der Waals surface area contributed by atoms with Gasteiger partial charge in [-0.25, -0.2) is 8.42 Å². The molecule has 17 heavy (non-hydrogen) atoms. The Morgan fingerprint density at radius 2 is 2.00 bits per heavy atom. The Kier molecular flexibility index (Phi) is 5.60. The SMILES string of the molecule is C[C@H](N)C(=O)Nc1cccc(S(C)(=O)=O)c1.Cl. The van der Waals surface area contributed by atoms with Crippen LogP contribution in [0.25, 0.3) is 0 Å². The molecule has 0 aliphatic heterocycles. The summed E-state index contributed by atoms with van der Waals surface area (Å²) in [6, 6.07) is 5.40.